The monoisotopic (exact) mass is 447 g/mol. The molecule has 0 saturated carbocycles. The number of carbonyl (C=O) groups excluding carboxylic acids is 1. The molecule has 0 aliphatic carbocycles. The summed E-state index contributed by atoms with van der Waals surface area (Å²) in [6.45, 7) is 4.88. The second-order valence-electron chi connectivity index (χ2n) is 8.19. The molecule has 164 valence electrons. The topological polar surface area (TPSA) is 81.3 Å². The molecule has 2 amide bonds. The van der Waals surface area contributed by atoms with Gasteiger partial charge in [0.25, 0.3) is 5.56 Å². The summed E-state index contributed by atoms with van der Waals surface area (Å²) in [7, 11) is 0. The van der Waals surface area contributed by atoms with Crippen molar-refractivity contribution >= 4 is 35.1 Å². The van der Waals surface area contributed by atoms with Gasteiger partial charge in [0.05, 0.1) is 11.4 Å². The van der Waals surface area contributed by atoms with Gasteiger partial charge in [0.15, 0.2) is 0 Å². The third kappa shape index (κ3) is 3.75. The van der Waals surface area contributed by atoms with Crippen molar-refractivity contribution in [2.24, 2.45) is 0 Å². The molecule has 1 fully saturated rings. The Labute approximate surface area is 190 Å². The molecule has 2 aliphatic rings. The predicted octanol–water partition coefficient (Wildman–Crippen LogP) is 4.69. The highest BCUT2D eigenvalue weighted by Gasteiger charge is 2.33. The standard InChI is InChI=1S/C24H25N5O2S/c1-15-16(2)25-23(27-22(15)30)26-17-11-13-28(14-12-17)24(31)29-18-7-3-5-9-20(18)32-21-10-6-4-8-19(21)29/h3-10,17H,11-14H2,1-2H3,(H2,25,26,27,30). The first-order valence-electron chi connectivity index (χ1n) is 10.8. The molecule has 1 saturated heterocycles. The number of carbonyl (C=O) groups is 1. The molecule has 0 radical (unpaired) electrons. The minimum atomic E-state index is -0.118. The first kappa shape index (κ1) is 20.6. The van der Waals surface area contributed by atoms with E-state index in [2.05, 4.69) is 27.4 Å². The van der Waals surface area contributed by atoms with Crippen LogP contribution in [-0.4, -0.2) is 40.0 Å². The number of aryl methyl sites for hydroxylation is 1. The first-order chi connectivity index (χ1) is 15.5. The lowest BCUT2D eigenvalue weighted by atomic mass is 10.1. The molecule has 0 spiro atoms. The maximum Gasteiger partial charge on any atom is 0.329 e. The predicted molar refractivity (Wildman–Crippen MR) is 127 cm³/mol. The zero-order valence-electron chi connectivity index (χ0n) is 18.1. The molecule has 5 rings (SSSR count). The Morgan fingerprint density at radius 2 is 1.62 bits per heavy atom. The van der Waals surface area contributed by atoms with Crippen molar-refractivity contribution in [3.05, 3.63) is 70.1 Å². The lowest BCUT2D eigenvalue weighted by Gasteiger charge is -2.38. The van der Waals surface area contributed by atoms with Crippen molar-refractivity contribution in [3.63, 3.8) is 0 Å². The maximum atomic E-state index is 13.6. The van der Waals surface area contributed by atoms with E-state index >= 15 is 0 Å². The average Bonchev–Trinajstić information content (AvgIpc) is 2.81. The Hall–Kier alpha value is -3.26. The summed E-state index contributed by atoms with van der Waals surface area (Å²) in [5, 5.41) is 3.34. The number of aromatic amines is 1. The van der Waals surface area contributed by atoms with Crippen molar-refractivity contribution < 1.29 is 4.79 Å². The highest BCUT2D eigenvalue weighted by Crippen LogP contribution is 2.48. The minimum Gasteiger partial charge on any atom is -0.353 e. The summed E-state index contributed by atoms with van der Waals surface area (Å²) in [5.41, 5.74) is 3.10. The van der Waals surface area contributed by atoms with Crippen molar-refractivity contribution in [1.82, 2.24) is 14.9 Å². The zero-order valence-corrected chi connectivity index (χ0v) is 18.9. The number of benzene rings is 2. The number of nitrogens with one attached hydrogen (secondary N) is 2. The number of urea groups is 1. The summed E-state index contributed by atoms with van der Waals surface area (Å²) in [6, 6.07) is 16.2. The SMILES string of the molecule is Cc1nc(NC2CCN(C(=O)N3c4ccccc4Sc4ccccc43)CC2)[nH]c(=O)c1C. The number of aromatic nitrogens is 2. The van der Waals surface area contributed by atoms with Crippen LogP contribution in [0.3, 0.4) is 0 Å². The van der Waals surface area contributed by atoms with Gasteiger partial charge in [0.2, 0.25) is 5.95 Å². The van der Waals surface area contributed by atoms with Crippen molar-refractivity contribution in [3.8, 4) is 0 Å². The third-order valence-corrected chi connectivity index (χ3v) is 7.25. The van der Waals surface area contributed by atoms with Crippen LogP contribution in [0.2, 0.25) is 0 Å². The number of rotatable bonds is 2. The van der Waals surface area contributed by atoms with Crippen molar-refractivity contribution in [2.75, 3.05) is 23.3 Å². The van der Waals surface area contributed by atoms with Gasteiger partial charge in [0.1, 0.15) is 0 Å². The third-order valence-electron chi connectivity index (χ3n) is 6.12. The van der Waals surface area contributed by atoms with E-state index in [9.17, 15) is 9.59 Å². The average molecular weight is 448 g/mol. The van der Waals surface area contributed by atoms with E-state index in [1.54, 1.807) is 18.7 Å². The summed E-state index contributed by atoms with van der Waals surface area (Å²) in [5.74, 6) is 0.499. The van der Waals surface area contributed by atoms with Crippen LogP contribution in [-0.2, 0) is 0 Å². The normalized spacial score (nSPS) is 15.8. The molecule has 1 aromatic heterocycles. The van der Waals surface area contributed by atoms with E-state index in [0.717, 1.165) is 39.7 Å². The molecule has 0 bridgehead atoms. The van der Waals surface area contributed by atoms with E-state index < -0.39 is 0 Å². The Balaban J connectivity index is 1.32. The van der Waals surface area contributed by atoms with E-state index in [1.165, 1.54) is 0 Å². The van der Waals surface area contributed by atoms with Gasteiger partial charge in [-0.2, -0.15) is 0 Å². The van der Waals surface area contributed by atoms with Crippen LogP contribution < -0.4 is 15.8 Å². The van der Waals surface area contributed by atoms with Crippen molar-refractivity contribution in [2.45, 2.75) is 42.5 Å². The second kappa shape index (κ2) is 8.35. The summed E-state index contributed by atoms with van der Waals surface area (Å²) >= 11 is 1.70. The number of likely N-dealkylation sites (tertiary alicyclic amines) is 1. The van der Waals surface area contributed by atoms with Gasteiger partial charge in [-0.15, -0.1) is 0 Å². The van der Waals surface area contributed by atoms with Crippen LogP contribution in [0, 0.1) is 13.8 Å². The van der Waals surface area contributed by atoms with Crippen LogP contribution >= 0.6 is 11.8 Å². The van der Waals surface area contributed by atoms with Crippen LogP contribution in [0.1, 0.15) is 24.1 Å². The molecule has 0 atom stereocenters. The quantitative estimate of drug-likeness (QED) is 0.596. The van der Waals surface area contributed by atoms with E-state index in [4.69, 9.17) is 0 Å². The highest BCUT2D eigenvalue weighted by molar-refractivity contribution is 7.99. The smallest absolute Gasteiger partial charge is 0.329 e. The number of H-pyrrole nitrogens is 1. The van der Waals surface area contributed by atoms with Gasteiger partial charge < -0.3 is 10.2 Å². The van der Waals surface area contributed by atoms with Crippen LogP contribution in [0.25, 0.3) is 0 Å². The van der Waals surface area contributed by atoms with E-state index in [0.29, 0.717) is 24.6 Å². The van der Waals surface area contributed by atoms with E-state index in [-0.39, 0.29) is 17.6 Å². The van der Waals surface area contributed by atoms with Gasteiger partial charge in [-0.25, -0.2) is 9.78 Å². The molecule has 7 nitrogen and oxygen atoms in total. The fourth-order valence-corrected chi connectivity index (χ4v) is 5.23. The fraction of sp³-hybridized carbons (Fsp3) is 0.292. The van der Waals surface area contributed by atoms with Crippen LogP contribution in [0.4, 0.5) is 22.1 Å². The van der Waals surface area contributed by atoms with Crippen molar-refractivity contribution in [1.29, 1.82) is 0 Å². The minimum absolute atomic E-state index is 0.00126. The summed E-state index contributed by atoms with van der Waals surface area (Å²) in [4.78, 5) is 38.8. The Morgan fingerprint density at radius 3 is 2.22 bits per heavy atom. The number of hydrogen-bond acceptors (Lipinski definition) is 5. The van der Waals surface area contributed by atoms with Gasteiger partial charge >= 0.3 is 6.03 Å². The second-order valence-corrected chi connectivity index (χ2v) is 9.27. The molecule has 2 aromatic carbocycles. The van der Waals surface area contributed by atoms with Gasteiger partial charge in [-0.3, -0.25) is 14.7 Å². The lowest BCUT2D eigenvalue weighted by molar-refractivity contribution is 0.192. The Bertz CT molecular complexity index is 1190. The van der Waals surface area contributed by atoms with Crippen LogP contribution in [0.15, 0.2) is 63.1 Å². The Kier molecular flexibility index (Phi) is 5.38. The zero-order chi connectivity index (χ0) is 22.2. The molecule has 3 heterocycles. The largest absolute Gasteiger partial charge is 0.353 e. The fourth-order valence-electron chi connectivity index (χ4n) is 4.17. The molecule has 0 unspecified atom stereocenters. The lowest BCUT2D eigenvalue weighted by Crippen LogP contribution is -2.48. The summed E-state index contributed by atoms with van der Waals surface area (Å²) < 4.78 is 0. The summed E-state index contributed by atoms with van der Waals surface area (Å²) in [6.07, 6.45) is 1.57. The molecule has 2 aliphatic heterocycles. The highest BCUT2D eigenvalue weighted by atomic mass is 32.2. The molecular formula is C24H25N5O2S. The van der Waals surface area contributed by atoms with Gasteiger partial charge in [-0.05, 0) is 51.0 Å². The molecule has 8 heteroatoms. The van der Waals surface area contributed by atoms with Gasteiger partial charge in [0, 0.05) is 40.2 Å². The molecule has 3 aromatic rings. The Morgan fingerprint density at radius 1 is 1.03 bits per heavy atom. The van der Waals surface area contributed by atoms with Crippen LogP contribution in [0.5, 0.6) is 0 Å². The number of amides is 2. The molecular weight excluding hydrogens is 422 g/mol. The van der Waals surface area contributed by atoms with Gasteiger partial charge in [-0.1, -0.05) is 36.0 Å². The molecule has 32 heavy (non-hydrogen) atoms. The molecule has 2 N–H and O–H groups in total. The number of para-hydroxylation sites is 2. The maximum absolute atomic E-state index is 13.6. The number of fused-ring (bicyclic) bond motifs is 2. The number of nitrogens with zero attached hydrogens (tertiary/aromatic N) is 3. The first-order valence-corrected chi connectivity index (χ1v) is 11.6. The number of anilines is 3. The van der Waals surface area contributed by atoms with E-state index in [1.807, 2.05) is 53.1 Å². The number of hydrogen-bond donors (Lipinski definition) is 2. The number of piperidine rings is 1.